The molecule has 0 saturated carbocycles. The summed E-state index contributed by atoms with van der Waals surface area (Å²) in [5.41, 5.74) is 6.46. The van der Waals surface area contributed by atoms with Crippen LogP contribution in [0.2, 0.25) is 0 Å². The maximum Gasteiger partial charge on any atom is 0.266 e. The smallest absolute Gasteiger partial charge is 0.266 e. The molecular weight excluding hydrogens is 597 g/mol. The summed E-state index contributed by atoms with van der Waals surface area (Å²) in [6.07, 6.45) is 19.0. The summed E-state index contributed by atoms with van der Waals surface area (Å²) in [6.45, 7) is 17.7. The van der Waals surface area contributed by atoms with Crippen LogP contribution in [-0.4, -0.2) is 34.3 Å². The van der Waals surface area contributed by atoms with Crippen molar-refractivity contribution in [2.24, 2.45) is 5.92 Å². The maximum atomic E-state index is 13.9. The van der Waals surface area contributed by atoms with Gasteiger partial charge in [-0.1, -0.05) is 122 Å². The summed E-state index contributed by atoms with van der Waals surface area (Å²) in [7, 11) is 0. The number of allylic oxidation sites excluding steroid dienone is 5. The highest BCUT2D eigenvalue weighted by atomic mass is 32.1. The molecule has 1 aliphatic carbocycles. The van der Waals surface area contributed by atoms with Crippen LogP contribution < -0.4 is 4.90 Å². The van der Waals surface area contributed by atoms with Crippen molar-refractivity contribution in [1.82, 2.24) is 0 Å². The van der Waals surface area contributed by atoms with Gasteiger partial charge in [-0.3, -0.25) is 4.79 Å². The van der Waals surface area contributed by atoms with E-state index in [9.17, 15) is 9.90 Å². The fourth-order valence-corrected chi connectivity index (χ4v) is 9.00. The number of aliphatic hydroxyl groups excluding tert-OH is 1. The Hall–Kier alpha value is -2.92. The number of para-hydroxylation sites is 1. The topological polar surface area (TPSA) is 43.5 Å². The van der Waals surface area contributed by atoms with Crippen LogP contribution in [0.3, 0.4) is 0 Å². The zero-order valence-electron chi connectivity index (χ0n) is 30.3. The van der Waals surface area contributed by atoms with E-state index in [0.29, 0.717) is 17.1 Å². The van der Waals surface area contributed by atoms with Crippen LogP contribution in [0.15, 0.2) is 70.5 Å². The molecule has 0 bridgehead atoms. The van der Waals surface area contributed by atoms with Gasteiger partial charge in [0.15, 0.2) is 12.3 Å². The van der Waals surface area contributed by atoms with Gasteiger partial charge < -0.3 is 10.0 Å². The summed E-state index contributed by atoms with van der Waals surface area (Å²) >= 11 is 1.79. The SMILES string of the molecule is CCCCCCCCCCN1C(=CC2=C(O)C(=CC3=[N+](CC(CC)CCCC)c4sccc4C3(C)C)C2=O)C(C)(C)c2ccccc21. The van der Waals surface area contributed by atoms with Crippen LogP contribution in [0, 0.1) is 5.92 Å². The lowest BCUT2D eigenvalue weighted by molar-refractivity contribution is -0.443. The molecule has 0 saturated heterocycles. The highest BCUT2D eigenvalue weighted by Crippen LogP contribution is 2.49. The molecule has 5 heteroatoms. The van der Waals surface area contributed by atoms with Crippen molar-refractivity contribution in [3.63, 3.8) is 0 Å². The number of thiophene rings is 1. The number of unbranched alkanes of at least 4 members (excludes halogenated alkanes) is 8. The van der Waals surface area contributed by atoms with Crippen LogP contribution in [0.1, 0.15) is 137 Å². The molecule has 4 nitrogen and oxygen atoms in total. The van der Waals surface area contributed by atoms with E-state index in [-0.39, 0.29) is 22.4 Å². The van der Waals surface area contributed by atoms with Crippen LogP contribution in [0.25, 0.3) is 0 Å². The number of benzene rings is 1. The molecule has 47 heavy (non-hydrogen) atoms. The highest BCUT2D eigenvalue weighted by Gasteiger charge is 2.48. The Morgan fingerprint density at radius 2 is 1.53 bits per heavy atom. The number of rotatable bonds is 17. The average Bonchev–Trinajstić information content (AvgIpc) is 3.69. The standard InChI is InChI=1S/C42H58N2O2S/c1-8-11-13-14-15-16-17-20-25-43-35-23-19-18-22-33(35)41(4,5)36(43)27-31-38(45)32(39(31)46)28-37-42(6,7)34-24-26-47-40(34)44(37)29-30(10-3)21-12-9-2/h18-19,22-24,26-28,30H,8-17,20-21,25,29H2,1-7H3/p+1. The zero-order chi connectivity index (χ0) is 33.8. The molecule has 5 rings (SSSR count). The third-order valence-electron chi connectivity index (χ3n) is 11.1. The molecule has 0 fully saturated rings. The number of nitrogens with zero attached hydrogens (tertiary/aromatic N) is 2. The van der Waals surface area contributed by atoms with Gasteiger partial charge in [0, 0.05) is 35.3 Å². The fraction of sp³-hybridized carbons (Fsp3) is 0.571. The van der Waals surface area contributed by atoms with Gasteiger partial charge in [0.1, 0.15) is 5.76 Å². The van der Waals surface area contributed by atoms with E-state index >= 15 is 0 Å². The summed E-state index contributed by atoms with van der Waals surface area (Å²) in [4.78, 5) is 16.3. The van der Waals surface area contributed by atoms with Crippen LogP contribution in [-0.2, 0) is 15.6 Å². The lowest BCUT2D eigenvalue weighted by atomic mass is 9.78. The van der Waals surface area contributed by atoms with Crippen molar-refractivity contribution >= 4 is 33.5 Å². The number of fused-ring (bicyclic) bond motifs is 2. The molecule has 3 heterocycles. The minimum absolute atomic E-state index is 0.0506. The molecule has 1 unspecified atom stereocenters. The predicted octanol–water partition coefficient (Wildman–Crippen LogP) is 11.5. The molecule has 1 aromatic carbocycles. The number of ketones is 1. The summed E-state index contributed by atoms with van der Waals surface area (Å²) < 4.78 is 2.45. The van der Waals surface area contributed by atoms with E-state index in [1.54, 1.807) is 11.3 Å². The number of carbonyl (C=O) groups is 1. The Kier molecular flexibility index (Phi) is 11.4. The largest absolute Gasteiger partial charge is 0.506 e. The van der Waals surface area contributed by atoms with Gasteiger partial charge in [0.2, 0.25) is 5.78 Å². The first-order chi connectivity index (χ1) is 22.6. The minimum atomic E-state index is -0.259. The van der Waals surface area contributed by atoms with E-state index < -0.39 is 0 Å². The molecule has 0 spiro atoms. The van der Waals surface area contributed by atoms with Gasteiger partial charge in [-0.05, 0) is 62.3 Å². The molecular formula is C42H59N2O2S+. The third kappa shape index (κ3) is 6.98. The highest BCUT2D eigenvalue weighted by molar-refractivity contribution is 7.13. The second kappa shape index (κ2) is 15.1. The average molecular weight is 656 g/mol. The zero-order valence-corrected chi connectivity index (χ0v) is 31.1. The fourth-order valence-electron chi connectivity index (χ4n) is 7.92. The second-order valence-electron chi connectivity index (χ2n) is 15.1. The monoisotopic (exact) mass is 655 g/mol. The van der Waals surface area contributed by atoms with Gasteiger partial charge >= 0.3 is 0 Å². The summed E-state index contributed by atoms with van der Waals surface area (Å²) in [5.74, 6) is 0.676. The molecule has 2 aromatic rings. The van der Waals surface area contributed by atoms with Crippen LogP contribution in [0.5, 0.6) is 0 Å². The first-order valence-corrected chi connectivity index (χ1v) is 19.5. The van der Waals surface area contributed by atoms with Gasteiger partial charge in [0.05, 0.1) is 22.1 Å². The Bertz CT molecular complexity index is 1570. The van der Waals surface area contributed by atoms with Gasteiger partial charge in [0.25, 0.3) is 5.00 Å². The molecule has 1 aromatic heterocycles. The first-order valence-electron chi connectivity index (χ1n) is 18.6. The minimum Gasteiger partial charge on any atom is -0.506 e. The van der Waals surface area contributed by atoms with Crippen LogP contribution >= 0.6 is 11.3 Å². The number of Topliss-reactive ketones (excluding diaryl/α,β-unsaturated/α-hetero) is 1. The molecule has 1 atom stereocenters. The Morgan fingerprint density at radius 3 is 2.21 bits per heavy atom. The van der Waals surface area contributed by atoms with Crippen molar-refractivity contribution in [1.29, 1.82) is 0 Å². The molecule has 1 N–H and O–H groups in total. The first kappa shape index (κ1) is 35.4. The number of aliphatic hydroxyl groups is 1. The van der Waals surface area contributed by atoms with Crippen LogP contribution in [0.4, 0.5) is 10.7 Å². The quantitative estimate of drug-likeness (QED) is 0.105. The number of anilines is 1. The maximum absolute atomic E-state index is 13.9. The van der Waals surface area contributed by atoms with Crippen molar-refractivity contribution < 1.29 is 14.5 Å². The van der Waals surface area contributed by atoms with Gasteiger partial charge in [-0.25, -0.2) is 0 Å². The molecule has 254 valence electrons. The van der Waals surface area contributed by atoms with E-state index in [2.05, 4.69) is 93.7 Å². The summed E-state index contributed by atoms with van der Waals surface area (Å²) in [5, 5.41) is 15.0. The van der Waals surface area contributed by atoms with E-state index in [4.69, 9.17) is 0 Å². The lowest BCUT2D eigenvalue weighted by Gasteiger charge is -2.29. The molecule has 0 radical (unpaired) electrons. The number of hydrogen-bond acceptors (Lipinski definition) is 4. The van der Waals surface area contributed by atoms with Gasteiger partial charge in [-0.2, -0.15) is 4.58 Å². The third-order valence-corrected chi connectivity index (χ3v) is 12.0. The van der Waals surface area contributed by atoms with Crippen molar-refractivity contribution in [3.05, 3.63) is 81.6 Å². The van der Waals surface area contributed by atoms with Gasteiger partial charge in [-0.15, -0.1) is 0 Å². The van der Waals surface area contributed by atoms with E-state index in [1.165, 1.54) is 86.0 Å². The number of hydrogen-bond donors (Lipinski definition) is 1. The lowest BCUT2D eigenvalue weighted by Crippen LogP contribution is -2.33. The molecule has 2 aliphatic heterocycles. The Labute approximate surface area is 289 Å². The molecule has 0 amide bonds. The van der Waals surface area contributed by atoms with E-state index in [1.807, 2.05) is 12.2 Å². The second-order valence-corrected chi connectivity index (χ2v) is 16.0. The normalized spacial score (nSPS) is 20.4. The van der Waals surface area contributed by atoms with Crippen molar-refractivity contribution in [3.8, 4) is 0 Å². The number of carbonyl (C=O) groups excluding carboxylic acids is 1. The molecule has 3 aliphatic rings. The Morgan fingerprint density at radius 1 is 0.851 bits per heavy atom. The van der Waals surface area contributed by atoms with Crippen molar-refractivity contribution in [2.75, 3.05) is 18.0 Å². The van der Waals surface area contributed by atoms with Crippen molar-refractivity contribution in [2.45, 2.75) is 136 Å². The Balaban J connectivity index is 1.43. The predicted molar refractivity (Wildman–Crippen MR) is 201 cm³/mol. The summed E-state index contributed by atoms with van der Waals surface area (Å²) in [6, 6.07) is 10.9. The van der Waals surface area contributed by atoms with E-state index in [0.717, 1.165) is 37.3 Å².